The van der Waals surface area contributed by atoms with E-state index in [9.17, 15) is 4.79 Å². The number of benzene rings is 2. The number of nitrogens with two attached hydrogens (primary N) is 1. The minimum Gasteiger partial charge on any atom is -0.492 e. The molecule has 0 spiro atoms. The van der Waals surface area contributed by atoms with Gasteiger partial charge in [0.25, 0.3) is 0 Å². The maximum Gasteiger partial charge on any atom is 0.228 e. The molecule has 0 unspecified atom stereocenters. The molecule has 0 heterocycles. The van der Waals surface area contributed by atoms with Crippen LogP contribution in [0.25, 0.3) is 0 Å². The predicted molar refractivity (Wildman–Crippen MR) is 101 cm³/mol. The number of nitrogens with zero attached hydrogens (tertiary/aromatic N) is 1. The number of carbonyl (C=O) groups excluding carboxylic acids is 1. The molecule has 2 aromatic carbocycles. The van der Waals surface area contributed by atoms with E-state index in [4.69, 9.17) is 10.5 Å². The van der Waals surface area contributed by atoms with Crippen molar-refractivity contribution in [3.63, 3.8) is 0 Å². The van der Waals surface area contributed by atoms with Gasteiger partial charge in [-0.2, -0.15) is 0 Å². The Bertz CT molecular complexity index is 645. The number of hydrogen-bond donors (Lipinski definition) is 2. The highest BCUT2D eigenvalue weighted by molar-refractivity contribution is 5.92. The summed E-state index contributed by atoms with van der Waals surface area (Å²) in [7, 11) is 4.00. The third-order valence-corrected chi connectivity index (χ3v) is 3.26. The molecule has 2 aromatic rings. The average molecular weight is 350 g/mol. The Morgan fingerprint density at radius 1 is 1.17 bits per heavy atom. The van der Waals surface area contributed by atoms with Crippen LogP contribution in [0.4, 0.5) is 11.4 Å². The molecule has 0 aliphatic rings. The summed E-state index contributed by atoms with van der Waals surface area (Å²) in [6.07, 6.45) is 0.298. The summed E-state index contributed by atoms with van der Waals surface area (Å²) < 4.78 is 5.62. The van der Waals surface area contributed by atoms with Crippen molar-refractivity contribution < 1.29 is 9.53 Å². The van der Waals surface area contributed by atoms with Crippen LogP contribution >= 0.6 is 12.4 Å². The molecular weight excluding hydrogens is 326 g/mol. The van der Waals surface area contributed by atoms with E-state index in [1.165, 1.54) is 0 Å². The second-order valence-electron chi connectivity index (χ2n) is 5.65. The van der Waals surface area contributed by atoms with E-state index < -0.39 is 0 Å². The van der Waals surface area contributed by atoms with Crippen molar-refractivity contribution in [1.29, 1.82) is 0 Å². The van der Waals surface area contributed by atoms with E-state index in [2.05, 4.69) is 10.2 Å². The van der Waals surface area contributed by atoms with Gasteiger partial charge in [0.1, 0.15) is 12.4 Å². The van der Waals surface area contributed by atoms with E-state index in [1.807, 2.05) is 50.5 Å². The summed E-state index contributed by atoms with van der Waals surface area (Å²) in [6.45, 7) is 1.49. The first-order chi connectivity index (χ1) is 11.0. The monoisotopic (exact) mass is 349 g/mol. The normalized spacial score (nSPS) is 10.1. The number of ether oxygens (including phenoxy) is 1. The number of rotatable bonds is 7. The van der Waals surface area contributed by atoms with Gasteiger partial charge in [-0.15, -0.1) is 12.4 Å². The molecule has 0 saturated carbocycles. The van der Waals surface area contributed by atoms with Crippen molar-refractivity contribution in [3.05, 3.63) is 54.1 Å². The van der Waals surface area contributed by atoms with Crippen LogP contribution < -0.4 is 15.8 Å². The summed E-state index contributed by atoms with van der Waals surface area (Å²) >= 11 is 0. The molecule has 5 nitrogen and oxygen atoms in total. The Labute approximate surface area is 149 Å². The van der Waals surface area contributed by atoms with Crippen molar-refractivity contribution >= 4 is 29.7 Å². The summed E-state index contributed by atoms with van der Waals surface area (Å²) in [6, 6.07) is 14.7. The average Bonchev–Trinajstić information content (AvgIpc) is 2.48. The zero-order valence-corrected chi connectivity index (χ0v) is 14.8. The van der Waals surface area contributed by atoms with E-state index in [-0.39, 0.29) is 18.3 Å². The van der Waals surface area contributed by atoms with Crippen LogP contribution in [-0.2, 0) is 11.2 Å². The van der Waals surface area contributed by atoms with Crippen molar-refractivity contribution in [3.8, 4) is 5.75 Å². The number of anilines is 2. The minimum atomic E-state index is -0.0723. The summed E-state index contributed by atoms with van der Waals surface area (Å²) in [5, 5.41) is 2.87. The highest BCUT2D eigenvalue weighted by Crippen LogP contribution is 2.16. The molecule has 130 valence electrons. The van der Waals surface area contributed by atoms with Gasteiger partial charge < -0.3 is 20.7 Å². The van der Waals surface area contributed by atoms with Gasteiger partial charge in [0, 0.05) is 17.9 Å². The van der Waals surface area contributed by atoms with Crippen molar-refractivity contribution in [2.45, 2.75) is 6.42 Å². The van der Waals surface area contributed by atoms with Crippen LogP contribution in [0.15, 0.2) is 48.5 Å². The predicted octanol–water partition coefficient (Wildman–Crippen LogP) is 2.81. The lowest BCUT2D eigenvalue weighted by Crippen LogP contribution is -2.19. The number of amides is 1. The first kappa shape index (κ1) is 19.8. The minimum absolute atomic E-state index is 0. The Morgan fingerprint density at radius 2 is 1.88 bits per heavy atom. The highest BCUT2D eigenvalue weighted by Gasteiger charge is 2.05. The third kappa shape index (κ3) is 6.89. The first-order valence-corrected chi connectivity index (χ1v) is 7.55. The molecule has 1 amide bonds. The van der Waals surface area contributed by atoms with Crippen molar-refractivity contribution in [1.82, 2.24) is 4.90 Å². The first-order valence-electron chi connectivity index (χ1n) is 7.55. The maximum atomic E-state index is 12.0. The van der Waals surface area contributed by atoms with Crippen LogP contribution in [0.2, 0.25) is 0 Å². The number of nitrogen functional groups attached to an aromatic ring is 1. The van der Waals surface area contributed by atoms with Gasteiger partial charge in [-0.25, -0.2) is 0 Å². The molecule has 6 heteroatoms. The highest BCUT2D eigenvalue weighted by atomic mass is 35.5. The number of carbonyl (C=O) groups is 1. The fourth-order valence-corrected chi connectivity index (χ4v) is 2.07. The number of halogens is 1. The number of hydrogen-bond acceptors (Lipinski definition) is 4. The van der Waals surface area contributed by atoms with Gasteiger partial charge in [-0.3, -0.25) is 4.79 Å². The number of nitrogens with one attached hydrogen (secondary N) is 1. The standard InChI is InChI=1S/C18H23N3O2.ClH/c1-21(2)10-11-23-17-8-6-16(7-9-17)20-18(22)13-14-4-3-5-15(19)12-14;/h3-9,12H,10-11,13,19H2,1-2H3,(H,20,22);1H. The van der Waals surface area contributed by atoms with Gasteiger partial charge in [0.05, 0.1) is 6.42 Å². The summed E-state index contributed by atoms with van der Waals surface area (Å²) in [4.78, 5) is 14.1. The fraction of sp³-hybridized carbons (Fsp3) is 0.278. The zero-order chi connectivity index (χ0) is 16.7. The number of likely N-dealkylation sites (N-methyl/N-ethyl adjacent to an activating group) is 1. The Balaban J connectivity index is 0.00000288. The van der Waals surface area contributed by atoms with Crippen LogP contribution in [0.5, 0.6) is 5.75 Å². The fourth-order valence-electron chi connectivity index (χ4n) is 2.07. The molecular formula is C18H24ClN3O2. The molecule has 0 radical (unpaired) electrons. The molecule has 0 bridgehead atoms. The third-order valence-electron chi connectivity index (χ3n) is 3.26. The van der Waals surface area contributed by atoms with Gasteiger partial charge in [-0.1, -0.05) is 12.1 Å². The Hall–Kier alpha value is -2.24. The summed E-state index contributed by atoms with van der Waals surface area (Å²) in [5.74, 6) is 0.720. The summed E-state index contributed by atoms with van der Waals surface area (Å²) in [5.41, 5.74) is 8.02. The smallest absolute Gasteiger partial charge is 0.228 e. The van der Waals surface area contributed by atoms with E-state index in [1.54, 1.807) is 12.1 Å². The molecule has 0 aliphatic carbocycles. The quantitative estimate of drug-likeness (QED) is 0.754. The van der Waals surface area contributed by atoms with Gasteiger partial charge in [0.2, 0.25) is 5.91 Å². The van der Waals surface area contributed by atoms with Gasteiger partial charge >= 0.3 is 0 Å². The van der Waals surface area contributed by atoms with E-state index >= 15 is 0 Å². The molecule has 0 atom stereocenters. The Kier molecular flexibility index (Phi) is 8.09. The molecule has 0 aliphatic heterocycles. The second kappa shape index (κ2) is 9.80. The lowest BCUT2D eigenvalue weighted by Gasteiger charge is -2.11. The van der Waals surface area contributed by atoms with Crippen molar-refractivity contribution in [2.75, 3.05) is 38.3 Å². The van der Waals surface area contributed by atoms with Crippen LogP contribution in [0.1, 0.15) is 5.56 Å². The van der Waals surface area contributed by atoms with Gasteiger partial charge in [-0.05, 0) is 56.1 Å². The zero-order valence-electron chi connectivity index (χ0n) is 14.0. The largest absolute Gasteiger partial charge is 0.492 e. The topological polar surface area (TPSA) is 67.6 Å². The second-order valence-corrected chi connectivity index (χ2v) is 5.65. The SMILES string of the molecule is CN(C)CCOc1ccc(NC(=O)Cc2cccc(N)c2)cc1.Cl. The van der Waals surface area contributed by atoms with E-state index in [0.717, 1.165) is 23.5 Å². The molecule has 2 rings (SSSR count). The molecule has 0 fully saturated rings. The Morgan fingerprint density at radius 3 is 2.50 bits per heavy atom. The molecule has 0 saturated heterocycles. The van der Waals surface area contributed by atoms with Crippen LogP contribution in [0.3, 0.4) is 0 Å². The van der Waals surface area contributed by atoms with Crippen LogP contribution in [-0.4, -0.2) is 38.1 Å². The van der Waals surface area contributed by atoms with Gasteiger partial charge in [0.15, 0.2) is 0 Å². The lowest BCUT2D eigenvalue weighted by molar-refractivity contribution is -0.115. The van der Waals surface area contributed by atoms with Crippen LogP contribution in [0, 0.1) is 0 Å². The molecule has 3 N–H and O–H groups in total. The lowest BCUT2D eigenvalue weighted by atomic mass is 10.1. The molecule has 0 aromatic heterocycles. The maximum absolute atomic E-state index is 12.0. The molecule has 24 heavy (non-hydrogen) atoms. The van der Waals surface area contributed by atoms with E-state index in [0.29, 0.717) is 18.7 Å². The van der Waals surface area contributed by atoms with Crippen molar-refractivity contribution in [2.24, 2.45) is 0 Å².